The van der Waals surface area contributed by atoms with Gasteiger partial charge >= 0.3 is 0 Å². The van der Waals surface area contributed by atoms with Gasteiger partial charge in [0.25, 0.3) is 5.56 Å². The van der Waals surface area contributed by atoms with E-state index in [2.05, 4.69) is 11.3 Å². The first-order chi connectivity index (χ1) is 19.5. The zero-order chi connectivity index (χ0) is 29.3. The molecule has 8 heteroatoms. The van der Waals surface area contributed by atoms with Crippen molar-refractivity contribution in [2.75, 3.05) is 25.6 Å². The largest absolute Gasteiger partial charge is 0.387 e. The van der Waals surface area contributed by atoms with Crippen LogP contribution in [0.3, 0.4) is 0 Å². The number of hydrogen-bond donors (Lipinski definition) is 1. The van der Waals surface area contributed by atoms with Crippen LogP contribution < -0.4 is 5.56 Å². The number of piperidine rings is 1. The SMILES string of the molecule is CC(CC1CCCCC1)C(=O)N1CCC(O)(Cn2cc(-c3ccccc3)c(N=S(C)(C)=O)cc2=O)C2(CCCC2)C1. The van der Waals surface area contributed by atoms with Gasteiger partial charge in [-0.1, -0.05) is 82.2 Å². The topological polar surface area (TPSA) is 92.0 Å². The van der Waals surface area contributed by atoms with Crippen LogP contribution in [0.4, 0.5) is 5.69 Å². The van der Waals surface area contributed by atoms with E-state index < -0.39 is 20.7 Å². The van der Waals surface area contributed by atoms with Crippen molar-refractivity contribution in [3.63, 3.8) is 0 Å². The van der Waals surface area contributed by atoms with Gasteiger partial charge in [-0.05, 0) is 37.2 Å². The van der Waals surface area contributed by atoms with Crippen LogP contribution in [0.5, 0.6) is 0 Å². The van der Waals surface area contributed by atoms with Gasteiger partial charge in [0.2, 0.25) is 5.91 Å². The molecule has 224 valence electrons. The predicted molar refractivity (Wildman–Crippen MR) is 166 cm³/mol. The summed E-state index contributed by atoms with van der Waals surface area (Å²) in [6.07, 6.45) is 16.4. The van der Waals surface area contributed by atoms with Crippen LogP contribution in [0.2, 0.25) is 0 Å². The molecule has 1 N–H and O–H groups in total. The van der Waals surface area contributed by atoms with Gasteiger partial charge in [-0.2, -0.15) is 4.36 Å². The second-order valence-electron chi connectivity index (χ2n) is 13.3. The second kappa shape index (κ2) is 12.0. The number of amides is 1. The lowest BCUT2D eigenvalue weighted by molar-refractivity contribution is -0.163. The summed E-state index contributed by atoms with van der Waals surface area (Å²) in [5.41, 5.74) is 0.193. The van der Waals surface area contributed by atoms with Gasteiger partial charge in [-0.3, -0.25) is 9.59 Å². The normalized spacial score (nSPS) is 24.0. The van der Waals surface area contributed by atoms with Crippen molar-refractivity contribution in [1.82, 2.24) is 9.47 Å². The average Bonchev–Trinajstić information content (AvgIpc) is 3.41. The van der Waals surface area contributed by atoms with Crippen LogP contribution in [0.1, 0.15) is 77.6 Å². The Morgan fingerprint density at radius 2 is 1.76 bits per heavy atom. The maximum absolute atomic E-state index is 13.6. The second-order valence-corrected chi connectivity index (χ2v) is 15.9. The first kappa shape index (κ1) is 30.0. The first-order valence-electron chi connectivity index (χ1n) is 15.5. The molecule has 1 saturated heterocycles. The van der Waals surface area contributed by atoms with Gasteiger partial charge in [0.15, 0.2) is 0 Å². The van der Waals surface area contributed by atoms with Gasteiger partial charge in [0.1, 0.15) is 0 Å². The van der Waals surface area contributed by atoms with Crippen molar-refractivity contribution in [3.05, 3.63) is 52.9 Å². The quantitative estimate of drug-likeness (QED) is 0.434. The molecule has 2 saturated carbocycles. The molecule has 41 heavy (non-hydrogen) atoms. The molecule has 0 bridgehead atoms. The fourth-order valence-electron chi connectivity index (χ4n) is 7.74. The van der Waals surface area contributed by atoms with Crippen LogP contribution in [-0.2, 0) is 21.1 Å². The lowest BCUT2D eigenvalue weighted by Gasteiger charge is -2.53. The third-order valence-electron chi connectivity index (χ3n) is 9.92. The Bertz CT molecular complexity index is 1410. The molecule has 5 rings (SSSR count). The molecule has 0 radical (unpaired) electrons. The Hall–Kier alpha value is -2.45. The Morgan fingerprint density at radius 3 is 2.41 bits per heavy atom. The summed E-state index contributed by atoms with van der Waals surface area (Å²) in [4.78, 5) is 29.1. The number of aliphatic hydroxyl groups is 1. The molecule has 2 unspecified atom stereocenters. The fourth-order valence-corrected chi connectivity index (χ4v) is 8.37. The molecular weight excluding hydrogens is 534 g/mol. The highest BCUT2D eigenvalue weighted by atomic mass is 32.2. The zero-order valence-electron chi connectivity index (χ0n) is 25.0. The van der Waals surface area contributed by atoms with Gasteiger partial charge in [-0.25, -0.2) is 4.21 Å². The lowest BCUT2D eigenvalue weighted by atomic mass is 9.65. The molecule has 2 aromatic rings. The molecule has 2 aliphatic carbocycles. The molecule has 3 fully saturated rings. The van der Waals surface area contributed by atoms with Gasteiger partial charge in [0, 0.05) is 64.5 Å². The van der Waals surface area contributed by atoms with Gasteiger partial charge in [-0.15, -0.1) is 0 Å². The Labute approximate surface area is 245 Å². The van der Waals surface area contributed by atoms with E-state index in [4.69, 9.17) is 0 Å². The maximum Gasteiger partial charge on any atom is 0.252 e. The zero-order valence-corrected chi connectivity index (χ0v) is 25.8. The lowest BCUT2D eigenvalue weighted by Crippen LogP contribution is -2.62. The van der Waals surface area contributed by atoms with Crippen molar-refractivity contribution < 1.29 is 14.1 Å². The number of aromatic nitrogens is 1. The number of carbonyl (C=O) groups excluding carboxylic acids is 1. The van der Waals surface area contributed by atoms with E-state index in [1.807, 2.05) is 35.2 Å². The third-order valence-corrected chi connectivity index (χ3v) is 10.6. The van der Waals surface area contributed by atoms with E-state index in [9.17, 15) is 18.9 Å². The number of carbonyl (C=O) groups is 1. The maximum atomic E-state index is 13.6. The number of likely N-dealkylation sites (tertiary alicyclic amines) is 1. The number of hydrogen-bond acceptors (Lipinski definition) is 5. The number of pyridine rings is 1. The summed E-state index contributed by atoms with van der Waals surface area (Å²) in [6.45, 7) is 3.31. The highest BCUT2D eigenvalue weighted by Crippen LogP contribution is 2.52. The molecule has 2 atom stereocenters. The summed E-state index contributed by atoms with van der Waals surface area (Å²) in [5.74, 6) is 0.877. The van der Waals surface area contributed by atoms with E-state index >= 15 is 0 Å². The summed E-state index contributed by atoms with van der Waals surface area (Å²) in [7, 11) is -2.49. The van der Waals surface area contributed by atoms with Gasteiger partial charge in [0.05, 0.1) is 17.8 Å². The van der Waals surface area contributed by atoms with E-state index in [1.165, 1.54) is 38.2 Å². The minimum absolute atomic E-state index is 0.00230. The highest BCUT2D eigenvalue weighted by molar-refractivity contribution is 7.92. The predicted octanol–water partition coefficient (Wildman–Crippen LogP) is 6.00. The number of nitrogens with zero attached hydrogens (tertiary/aromatic N) is 3. The average molecular weight is 582 g/mol. The highest BCUT2D eigenvalue weighted by Gasteiger charge is 2.55. The van der Waals surface area contributed by atoms with Crippen LogP contribution >= 0.6 is 0 Å². The van der Waals surface area contributed by atoms with Gasteiger partial charge < -0.3 is 14.6 Å². The minimum atomic E-state index is -2.49. The monoisotopic (exact) mass is 581 g/mol. The fraction of sp³-hybridized carbons (Fsp3) is 0.636. The van der Waals surface area contributed by atoms with E-state index in [1.54, 1.807) is 23.3 Å². The number of rotatable bonds is 7. The van der Waals surface area contributed by atoms with Crippen LogP contribution in [0, 0.1) is 17.3 Å². The summed E-state index contributed by atoms with van der Waals surface area (Å²) < 4.78 is 18.6. The molecule has 1 aromatic carbocycles. The molecule has 1 aromatic heterocycles. The molecule has 1 aliphatic heterocycles. The van der Waals surface area contributed by atoms with Crippen LogP contribution in [0.25, 0.3) is 11.1 Å². The van der Waals surface area contributed by atoms with Crippen LogP contribution in [-0.4, -0.2) is 55.9 Å². The smallest absolute Gasteiger partial charge is 0.252 e. The first-order valence-corrected chi connectivity index (χ1v) is 17.8. The molecule has 1 amide bonds. The van der Waals surface area contributed by atoms with E-state index in [0.29, 0.717) is 31.1 Å². The van der Waals surface area contributed by atoms with Crippen LogP contribution in [0.15, 0.2) is 51.8 Å². The van der Waals surface area contributed by atoms with Crippen molar-refractivity contribution in [3.8, 4) is 11.1 Å². The molecular formula is C33H47N3O4S. The van der Waals surface area contributed by atoms with Crippen molar-refractivity contribution in [2.45, 2.75) is 89.7 Å². The Morgan fingerprint density at radius 1 is 1.07 bits per heavy atom. The van der Waals surface area contributed by atoms with E-state index in [0.717, 1.165) is 43.2 Å². The van der Waals surface area contributed by atoms with Crippen molar-refractivity contribution in [2.24, 2.45) is 21.6 Å². The molecule has 1 spiro atoms. The van der Waals surface area contributed by atoms with Crippen molar-refractivity contribution >= 4 is 21.3 Å². The van der Waals surface area contributed by atoms with E-state index in [-0.39, 0.29) is 23.9 Å². The minimum Gasteiger partial charge on any atom is -0.387 e. The molecule has 7 nitrogen and oxygen atoms in total. The number of benzene rings is 1. The molecule has 3 aliphatic rings. The standard InChI is InChI=1S/C33H47N3O4S/c1-25(20-26-12-6-4-7-13-26)31(38)35-19-18-33(39,32(23-35)16-10-11-17-32)24-36-22-28(27-14-8-5-9-15-27)29(21-30(36)37)34-41(2,3)40/h5,8-9,14-15,21-22,25-26,39H,4,6-7,10-13,16-20,23-24H2,1-3H3. The Balaban J connectivity index is 1.42. The summed E-state index contributed by atoms with van der Waals surface area (Å²) in [5, 5.41) is 12.3. The molecule has 2 heterocycles. The third kappa shape index (κ3) is 6.64. The summed E-state index contributed by atoms with van der Waals surface area (Å²) in [6, 6.07) is 11.1. The Kier molecular flexibility index (Phi) is 8.82. The van der Waals surface area contributed by atoms with Crippen molar-refractivity contribution in [1.29, 1.82) is 0 Å². The summed E-state index contributed by atoms with van der Waals surface area (Å²) >= 11 is 0.